The predicted octanol–water partition coefficient (Wildman–Crippen LogP) is 2.14. The van der Waals surface area contributed by atoms with Crippen LogP contribution < -0.4 is 10.9 Å². The van der Waals surface area contributed by atoms with Gasteiger partial charge in [-0.15, -0.1) is 0 Å². The molecule has 0 aliphatic carbocycles. The van der Waals surface area contributed by atoms with Crippen LogP contribution in [0.4, 0.5) is 18.9 Å². The van der Waals surface area contributed by atoms with Gasteiger partial charge < -0.3 is 14.8 Å². The minimum absolute atomic E-state index is 0.0734. The molecule has 1 heterocycles. The average molecular weight is 381 g/mol. The number of pyridine rings is 1. The van der Waals surface area contributed by atoms with Crippen molar-refractivity contribution in [2.24, 2.45) is 0 Å². The Hall–Kier alpha value is -3.10. The number of nitrogens with zero attached hydrogens (tertiary/aromatic N) is 2. The van der Waals surface area contributed by atoms with Crippen LogP contribution in [0.25, 0.3) is 0 Å². The molecule has 1 N–H and O–H groups in total. The van der Waals surface area contributed by atoms with E-state index in [-0.39, 0.29) is 12.3 Å². The molecule has 0 atom stereocenters. The van der Waals surface area contributed by atoms with Crippen LogP contribution in [0.2, 0.25) is 0 Å². The Morgan fingerprint density at radius 2 is 1.70 bits per heavy atom. The fourth-order valence-corrected chi connectivity index (χ4v) is 2.22. The van der Waals surface area contributed by atoms with E-state index in [0.717, 1.165) is 11.6 Å². The van der Waals surface area contributed by atoms with Gasteiger partial charge in [0.2, 0.25) is 11.8 Å². The first-order chi connectivity index (χ1) is 12.6. The number of benzene rings is 1. The van der Waals surface area contributed by atoms with Gasteiger partial charge in [-0.05, 0) is 23.8 Å². The molecule has 0 radical (unpaired) electrons. The summed E-state index contributed by atoms with van der Waals surface area (Å²) in [5.41, 5.74) is -0.567. The van der Waals surface area contributed by atoms with Crippen LogP contribution >= 0.6 is 0 Å². The molecule has 9 heteroatoms. The maximum absolute atomic E-state index is 12.7. The van der Waals surface area contributed by atoms with Crippen molar-refractivity contribution in [3.05, 3.63) is 64.1 Å². The molecule has 2 aromatic rings. The molecule has 0 spiro atoms. The van der Waals surface area contributed by atoms with E-state index >= 15 is 0 Å². The molecule has 2 rings (SSSR count). The van der Waals surface area contributed by atoms with E-state index in [1.54, 1.807) is 38.4 Å². The lowest BCUT2D eigenvalue weighted by Gasteiger charge is -2.12. The largest absolute Gasteiger partial charge is 0.417 e. The number of carbonyl (C=O) groups is 2. The zero-order valence-electron chi connectivity index (χ0n) is 14.7. The van der Waals surface area contributed by atoms with Crippen molar-refractivity contribution >= 4 is 17.5 Å². The van der Waals surface area contributed by atoms with Crippen molar-refractivity contribution in [1.29, 1.82) is 0 Å². The Bertz CT molecular complexity index is 887. The Balaban J connectivity index is 2.04. The summed E-state index contributed by atoms with van der Waals surface area (Å²) < 4.78 is 38.9. The third-order valence-corrected chi connectivity index (χ3v) is 3.72. The molecule has 0 saturated heterocycles. The van der Waals surface area contributed by atoms with Gasteiger partial charge in [0.15, 0.2) is 0 Å². The maximum Gasteiger partial charge on any atom is 0.417 e. The number of anilines is 1. The molecule has 2 amide bonds. The van der Waals surface area contributed by atoms with Gasteiger partial charge >= 0.3 is 6.18 Å². The average Bonchev–Trinajstić information content (AvgIpc) is 2.57. The minimum Gasteiger partial charge on any atom is -0.349 e. The van der Waals surface area contributed by atoms with E-state index in [9.17, 15) is 27.6 Å². The van der Waals surface area contributed by atoms with Gasteiger partial charge in [0, 0.05) is 32.0 Å². The molecular formula is C18H18F3N3O3. The van der Waals surface area contributed by atoms with E-state index in [0.29, 0.717) is 22.5 Å². The highest BCUT2D eigenvalue weighted by Crippen LogP contribution is 2.28. The molecule has 1 aromatic carbocycles. The monoisotopic (exact) mass is 381 g/mol. The quantitative estimate of drug-likeness (QED) is 0.863. The van der Waals surface area contributed by atoms with Crippen LogP contribution in [-0.2, 0) is 28.7 Å². The highest BCUT2D eigenvalue weighted by atomic mass is 19.4. The maximum atomic E-state index is 12.7. The van der Waals surface area contributed by atoms with E-state index in [2.05, 4.69) is 5.32 Å². The van der Waals surface area contributed by atoms with Gasteiger partial charge in [-0.3, -0.25) is 14.4 Å². The predicted molar refractivity (Wildman–Crippen MR) is 93.2 cm³/mol. The zero-order valence-corrected chi connectivity index (χ0v) is 14.7. The van der Waals surface area contributed by atoms with Gasteiger partial charge in [0.25, 0.3) is 5.56 Å². The lowest BCUT2D eigenvalue weighted by atomic mass is 10.1. The van der Waals surface area contributed by atoms with E-state index < -0.39 is 29.8 Å². The molecule has 0 unspecified atom stereocenters. The van der Waals surface area contributed by atoms with Gasteiger partial charge in [-0.1, -0.05) is 12.1 Å². The first-order valence-electron chi connectivity index (χ1n) is 7.93. The van der Waals surface area contributed by atoms with Crippen LogP contribution in [0.1, 0.15) is 11.1 Å². The zero-order chi connectivity index (χ0) is 20.2. The van der Waals surface area contributed by atoms with E-state index in [1.807, 2.05) is 0 Å². The van der Waals surface area contributed by atoms with E-state index in [4.69, 9.17) is 0 Å². The van der Waals surface area contributed by atoms with Crippen molar-refractivity contribution in [2.45, 2.75) is 19.1 Å². The number of alkyl halides is 3. The summed E-state index contributed by atoms with van der Waals surface area (Å²) in [5.74, 6) is -0.718. The summed E-state index contributed by atoms with van der Waals surface area (Å²) in [5, 5.41) is 2.50. The van der Waals surface area contributed by atoms with Crippen molar-refractivity contribution in [3.8, 4) is 0 Å². The third kappa shape index (κ3) is 5.70. The topological polar surface area (TPSA) is 71.4 Å². The van der Waals surface area contributed by atoms with Crippen molar-refractivity contribution in [3.63, 3.8) is 0 Å². The Labute approximate surface area is 153 Å². The molecule has 0 fully saturated rings. The smallest absolute Gasteiger partial charge is 0.349 e. The van der Waals surface area contributed by atoms with Gasteiger partial charge in [0.05, 0.1) is 12.0 Å². The Morgan fingerprint density at radius 3 is 2.26 bits per heavy atom. The standard InChI is InChI=1S/C18H18F3N3O3/c1-23(2)17(27)9-12-3-6-14(7-4-12)22-15(25)11-24-10-13(18(19,20)21)5-8-16(24)26/h3-8,10H,9,11H2,1-2H3,(H,22,25). The second-order valence-electron chi connectivity index (χ2n) is 6.09. The van der Waals surface area contributed by atoms with Crippen LogP contribution in [0.5, 0.6) is 0 Å². The summed E-state index contributed by atoms with van der Waals surface area (Å²) in [6, 6.07) is 7.91. The molecular weight excluding hydrogens is 363 g/mol. The number of hydrogen-bond acceptors (Lipinski definition) is 3. The Morgan fingerprint density at radius 1 is 1.07 bits per heavy atom. The summed E-state index contributed by atoms with van der Waals surface area (Å²) in [6.07, 6.45) is -3.79. The van der Waals surface area contributed by atoms with Crippen molar-refractivity contribution < 1.29 is 22.8 Å². The number of hydrogen-bond donors (Lipinski definition) is 1. The molecule has 0 aliphatic rings. The summed E-state index contributed by atoms with van der Waals surface area (Å²) in [4.78, 5) is 36.8. The fraction of sp³-hybridized carbons (Fsp3) is 0.278. The number of halogens is 3. The van der Waals surface area contributed by atoms with Gasteiger partial charge in [-0.2, -0.15) is 13.2 Å². The number of rotatable bonds is 5. The number of aromatic nitrogens is 1. The second-order valence-corrected chi connectivity index (χ2v) is 6.09. The van der Waals surface area contributed by atoms with Crippen LogP contribution in [-0.4, -0.2) is 35.4 Å². The van der Waals surface area contributed by atoms with Crippen LogP contribution in [0.15, 0.2) is 47.4 Å². The lowest BCUT2D eigenvalue weighted by molar-refractivity contribution is -0.138. The second kappa shape index (κ2) is 8.07. The molecule has 0 aliphatic heterocycles. The van der Waals surface area contributed by atoms with Crippen LogP contribution in [0, 0.1) is 0 Å². The number of likely N-dealkylation sites (N-methyl/N-ethyl adjacent to an activating group) is 1. The third-order valence-electron chi connectivity index (χ3n) is 3.72. The highest BCUT2D eigenvalue weighted by Gasteiger charge is 2.31. The first kappa shape index (κ1) is 20.2. The normalized spacial score (nSPS) is 11.1. The fourth-order valence-electron chi connectivity index (χ4n) is 2.22. The lowest BCUT2D eigenvalue weighted by Crippen LogP contribution is -2.28. The SMILES string of the molecule is CN(C)C(=O)Cc1ccc(NC(=O)Cn2cc(C(F)(F)F)ccc2=O)cc1. The Kier molecular flexibility index (Phi) is 6.04. The highest BCUT2D eigenvalue weighted by molar-refractivity contribution is 5.90. The van der Waals surface area contributed by atoms with Gasteiger partial charge in [0.1, 0.15) is 6.54 Å². The summed E-state index contributed by atoms with van der Waals surface area (Å²) in [7, 11) is 3.29. The first-order valence-corrected chi connectivity index (χ1v) is 7.93. The molecule has 27 heavy (non-hydrogen) atoms. The number of carbonyl (C=O) groups excluding carboxylic acids is 2. The number of amides is 2. The van der Waals surface area contributed by atoms with Crippen molar-refractivity contribution in [1.82, 2.24) is 9.47 Å². The summed E-state index contributed by atoms with van der Waals surface area (Å²) in [6.45, 7) is -0.552. The molecule has 144 valence electrons. The molecule has 1 aromatic heterocycles. The van der Waals surface area contributed by atoms with Crippen LogP contribution in [0.3, 0.4) is 0 Å². The molecule has 0 saturated carbocycles. The van der Waals surface area contributed by atoms with Gasteiger partial charge in [-0.25, -0.2) is 0 Å². The minimum atomic E-state index is -4.61. The molecule has 0 bridgehead atoms. The molecule has 6 nitrogen and oxygen atoms in total. The van der Waals surface area contributed by atoms with E-state index in [1.165, 1.54) is 4.90 Å². The summed E-state index contributed by atoms with van der Waals surface area (Å²) >= 11 is 0. The van der Waals surface area contributed by atoms with Crippen molar-refractivity contribution in [2.75, 3.05) is 19.4 Å². The number of nitrogens with one attached hydrogen (secondary N) is 1.